The number of esters is 4. The number of hydrogen-bond acceptors (Lipinski definition) is 16. The molecule has 6 aliphatic rings. The number of carbonyl (C=O) groups is 4. The molecule has 2 aliphatic heterocycles. The number of ether oxygens (including phenoxy) is 4. The molecule has 0 aromatic heterocycles. The van der Waals surface area contributed by atoms with Gasteiger partial charge in [-0.05, 0) is 98.5 Å². The molecule has 23 heteroatoms. The summed E-state index contributed by atoms with van der Waals surface area (Å²) in [4.78, 5) is 53.9. The molecule has 79 heavy (non-hydrogen) atoms. The summed E-state index contributed by atoms with van der Waals surface area (Å²) >= 11 is -1.48. The maximum atomic E-state index is 13.3. The first-order chi connectivity index (χ1) is 37.8. The Labute approximate surface area is 488 Å². The summed E-state index contributed by atoms with van der Waals surface area (Å²) in [5.41, 5.74) is 0. The summed E-state index contributed by atoms with van der Waals surface area (Å²) in [5.74, 6) is -5.24. The number of fused-ring (bicyclic) bond motifs is 2. The Balaban J connectivity index is 0.000000138. The van der Waals surface area contributed by atoms with Crippen molar-refractivity contribution in [3.63, 3.8) is 0 Å². The fraction of sp³-hybridized carbons (Fsp3) is 0.286. The van der Waals surface area contributed by atoms with E-state index in [9.17, 15) is 47.3 Å². The second-order valence-corrected chi connectivity index (χ2v) is 24.2. The second kappa shape index (κ2) is 27.7. The Morgan fingerprint density at radius 2 is 0.709 bits per heavy atom. The molecule has 2 heterocycles. The van der Waals surface area contributed by atoms with E-state index in [0.717, 1.165) is 0 Å². The van der Waals surface area contributed by atoms with Crippen LogP contribution >= 0.6 is 24.1 Å². The standard InChI is InChI=1S/2C18H15S.2C10H10F2O7S.Na/c2*1-4-10-16(11-5-1)19(17-12-6-2-7-13-17)18-14-8-3-9-15-18;2*11-10(12,20-19-18-15)9(14)17-6-3-1-4-5(2-3)8(13)16-7(4)6;/h2*1-15H;2*3-7,15H,1-2H2;/q2*+1;;;+1/p-2. The van der Waals surface area contributed by atoms with Crippen molar-refractivity contribution in [2.45, 2.75) is 90.0 Å². The van der Waals surface area contributed by atoms with E-state index in [4.69, 9.17) is 18.9 Å². The van der Waals surface area contributed by atoms with E-state index in [1.165, 1.54) is 29.4 Å². The Bertz CT molecular complexity index is 2550. The molecule has 4 bridgehead atoms. The van der Waals surface area contributed by atoms with E-state index in [0.29, 0.717) is 25.7 Å². The van der Waals surface area contributed by atoms with Crippen LogP contribution in [0.25, 0.3) is 0 Å². The van der Waals surface area contributed by atoms with Gasteiger partial charge in [0.15, 0.2) is 29.4 Å². The molecule has 12 rings (SSSR count). The molecule has 10 unspecified atom stereocenters. The zero-order valence-corrected chi connectivity index (χ0v) is 47.0. The molecular weight excluding hydrogens is 1120 g/mol. The Morgan fingerprint density at radius 1 is 0.456 bits per heavy atom. The van der Waals surface area contributed by atoms with Crippen LogP contribution in [0, 0.1) is 35.5 Å². The molecule has 0 amide bonds. The van der Waals surface area contributed by atoms with Crippen molar-refractivity contribution in [1.29, 1.82) is 0 Å². The zero-order chi connectivity index (χ0) is 54.8. The molecule has 2 saturated heterocycles. The van der Waals surface area contributed by atoms with Crippen LogP contribution in [0.1, 0.15) is 25.7 Å². The van der Waals surface area contributed by atoms with Gasteiger partial charge in [-0.15, -0.1) is 0 Å². The van der Waals surface area contributed by atoms with Gasteiger partial charge in [0.2, 0.25) is 0 Å². The van der Waals surface area contributed by atoms with Crippen molar-refractivity contribution in [1.82, 2.24) is 0 Å². The third kappa shape index (κ3) is 14.2. The minimum atomic E-state index is -4.08. The number of halogens is 4. The van der Waals surface area contributed by atoms with Crippen molar-refractivity contribution in [3.05, 3.63) is 182 Å². The van der Waals surface area contributed by atoms with Gasteiger partial charge in [-0.2, -0.15) is 26.2 Å². The largest absolute Gasteiger partial charge is 1.00 e. The molecule has 0 radical (unpaired) electrons. The van der Waals surface area contributed by atoms with Gasteiger partial charge in [0.25, 0.3) is 0 Å². The molecule has 4 aliphatic carbocycles. The molecule has 0 N–H and O–H groups in total. The van der Waals surface area contributed by atoms with Gasteiger partial charge in [-0.3, -0.25) is 19.7 Å². The van der Waals surface area contributed by atoms with Crippen LogP contribution in [0.4, 0.5) is 17.6 Å². The van der Waals surface area contributed by atoms with Crippen LogP contribution in [0.5, 0.6) is 0 Å². The first-order valence-electron chi connectivity index (χ1n) is 24.4. The molecule has 4 saturated carbocycles. The maximum absolute atomic E-state index is 13.3. The third-order valence-corrected chi connectivity index (χ3v) is 19.5. The topological polar surface area (TPSA) is 188 Å². The first-order valence-corrected chi connectivity index (χ1v) is 28.4. The molecule has 6 fully saturated rings. The van der Waals surface area contributed by atoms with Crippen LogP contribution in [0.15, 0.2) is 211 Å². The van der Waals surface area contributed by atoms with Gasteiger partial charge in [-0.25, -0.2) is 9.59 Å². The van der Waals surface area contributed by atoms with Gasteiger partial charge in [0, 0.05) is 23.7 Å². The average molecular weight is 1170 g/mol. The van der Waals surface area contributed by atoms with Gasteiger partial charge in [0.1, 0.15) is 48.5 Å². The first kappa shape index (κ1) is 60.2. The third-order valence-electron chi connectivity index (χ3n) is 14.0. The summed E-state index contributed by atoms with van der Waals surface area (Å²) in [6, 6.07) is 64.3. The van der Waals surface area contributed by atoms with E-state index in [2.05, 4.69) is 201 Å². The monoisotopic (exact) mass is 1170 g/mol. The van der Waals surface area contributed by atoms with E-state index in [-0.39, 0.29) is 98.8 Å². The fourth-order valence-corrected chi connectivity index (χ4v) is 15.5. The molecule has 10 atom stereocenters. The average Bonchev–Trinajstić information content (AvgIpc) is 4.46. The molecular formula is C56H48F4NaO14S4+. The van der Waals surface area contributed by atoms with Gasteiger partial charge in [0.05, 0.1) is 33.6 Å². The molecule has 6 aromatic carbocycles. The quantitative estimate of drug-likeness (QED) is 0.0150. The van der Waals surface area contributed by atoms with Gasteiger partial charge < -0.3 is 29.5 Å². The number of benzene rings is 6. The zero-order valence-electron chi connectivity index (χ0n) is 41.8. The Morgan fingerprint density at radius 3 is 0.949 bits per heavy atom. The van der Waals surface area contributed by atoms with Crippen molar-refractivity contribution >= 4 is 69.8 Å². The maximum Gasteiger partial charge on any atom is 1.00 e. The predicted octanol–water partition coefficient (Wildman–Crippen LogP) is 6.46. The van der Waals surface area contributed by atoms with Crippen LogP contribution < -0.4 is 40.1 Å². The number of alkyl halides is 4. The van der Waals surface area contributed by atoms with Crippen molar-refractivity contribution in [2.75, 3.05) is 0 Å². The van der Waals surface area contributed by atoms with Crippen molar-refractivity contribution in [3.8, 4) is 0 Å². The van der Waals surface area contributed by atoms with Gasteiger partial charge in [-0.1, -0.05) is 109 Å². The minimum absolute atomic E-state index is 0. The van der Waals surface area contributed by atoms with E-state index < -0.39 is 70.9 Å². The van der Waals surface area contributed by atoms with Crippen LogP contribution in [0.2, 0.25) is 0 Å². The fourth-order valence-electron chi connectivity index (χ4n) is 10.9. The molecule has 408 valence electrons. The SMILES string of the molecule is O=C1OC2C3CC(CC13)C2OC(=O)C(F)(F)SOO[O-].O=C1OC2C3CC(CC13)C2OC(=O)C(F)(F)SOO[O-].[Na+].c1ccc([S+](c2ccccc2)c2ccccc2)cc1.c1ccc([S+](c2ccccc2)c2ccccc2)cc1. The number of hydrogen-bond donors (Lipinski definition) is 0. The summed E-state index contributed by atoms with van der Waals surface area (Å²) in [5, 5.41) is 16.4. The molecule has 0 spiro atoms. The van der Waals surface area contributed by atoms with Crippen LogP contribution in [-0.2, 0) is 78.7 Å². The number of carbonyl (C=O) groups excluding carboxylic acids is 4. The van der Waals surface area contributed by atoms with E-state index in [1.807, 2.05) is 0 Å². The molecule has 6 aromatic rings. The van der Waals surface area contributed by atoms with Gasteiger partial charge >= 0.3 is 63.9 Å². The number of rotatable bonds is 16. The van der Waals surface area contributed by atoms with E-state index in [1.54, 1.807) is 0 Å². The summed E-state index contributed by atoms with van der Waals surface area (Å²) in [7, 11) is -0.0293. The predicted molar refractivity (Wildman–Crippen MR) is 271 cm³/mol. The Hall–Kier alpha value is -4.92. The van der Waals surface area contributed by atoms with Crippen molar-refractivity contribution in [2.24, 2.45) is 35.5 Å². The minimum Gasteiger partial charge on any atom is -0.691 e. The summed E-state index contributed by atoms with van der Waals surface area (Å²) in [6.07, 6.45) is -0.811. The Kier molecular flexibility index (Phi) is 21.1. The van der Waals surface area contributed by atoms with Crippen LogP contribution in [-0.4, -0.2) is 58.8 Å². The summed E-state index contributed by atoms with van der Waals surface area (Å²) in [6.45, 7) is 0. The molecule has 14 nitrogen and oxygen atoms in total. The van der Waals surface area contributed by atoms with E-state index >= 15 is 0 Å². The normalized spacial score (nSPS) is 24.4. The second-order valence-electron chi connectivity index (χ2n) is 18.5. The van der Waals surface area contributed by atoms with Crippen LogP contribution in [0.3, 0.4) is 0 Å². The smallest absolute Gasteiger partial charge is 0.691 e. The van der Waals surface area contributed by atoms with Crippen molar-refractivity contribution < 1.29 is 115 Å². The summed E-state index contributed by atoms with van der Waals surface area (Å²) < 4.78 is 79.6.